The molecule has 184 valence electrons. The number of nitrogens with zero attached hydrogens (tertiary/aromatic N) is 1. The van der Waals surface area contributed by atoms with E-state index in [1.807, 2.05) is 91.9 Å². The van der Waals surface area contributed by atoms with Crippen molar-refractivity contribution in [1.82, 2.24) is 9.55 Å². The summed E-state index contributed by atoms with van der Waals surface area (Å²) in [7, 11) is 0. The van der Waals surface area contributed by atoms with Gasteiger partial charge in [-0.05, 0) is 23.6 Å². The molecule has 1 fully saturated rings. The summed E-state index contributed by atoms with van der Waals surface area (Å²) < 4.78 is 28.8. The Morgan fingerprint density at radius 1 is 0.917 bits per heavy atom. The minimum atomic E-state index is -1.43. The van der Waals surface area contributed by atoms with Crippen molar-refractivity contribution in [3.63, 3.8) is 0 Å². The number of nitrogens with one attached hydrogen (secondary N) is 1. The molecule has 3 atom stereocenters. The summed E-state index contributed by atoms with van der Waals surface area (Å²) in [6.45, 7) is 2.12. The maximum Gasteiger partial charge on any atom is 0.330 e. The van der Waals surface area contributed by atoms with Gasteiger partial charge in [0.05, 0.1) is 12.7 Å². The van der Waals surface area contributed by atoms with Crippen LogP contribution >= 0.6 is 0 Å². The van der Waals surface area contributed by atoms with E-state index in [4.69, 9.17) is 9.47 Å². The monoisotopic (exact) mass is 486 g/mol. The van der Waals surface area contributed by atoms with E-state index in [1.165, 1.54) is 12.3 Å². The number of rotatable bonds is 7. The average molecular weight is 487 g/mol. The van der Waals surface area contributed by atoms with Crippen LogP contribution in [0.5, 0.6) is 0 Å². The van der Waals surface area contributed by atoms with E-state index in [2.05, 4.69) is 4.98 Å². The molecule has 2 heterocycles. The molecule has 0 amide bonds. The van der Waals surface area contributed by atoms with Crippen molar-refractivity contribution in [2.75, 3.05) is 6.61 Å². The lowest BCUT2D eigenvalue weighted by Gasteiger charge is -2.36. The van der Waals surface area contributed by atoms with Crippen LogP contribution in [0.4, 0.5) is 4.39 Å². The van der Waals surface area contributed by atoms with Crippen LogP contribution in [0.2, 0.25) is 0 Å². The van der Waals surface area contributed by atoms with Gasteiger partial charge in [-0.1, -0.05) is 90.5 Å². The van der Waals surface area contributed by atoms with Crippen molar-refractivity contribution >= 4 is 0 Å². The number of hydrogen-bond donors (Lipinski definition) is 1. The van der Waals surface area contributed by atoms with Crippen LogP contribution in [0, 0.1) is 6.92 Å². The zero-order chi connectivity index (χ0) is 25.1. The van der Waals surface area contributed by atoms with E-state index >= 15 is 4.39 Å². The van der Waals surface area contributed by atoms with Crippen LogP contribution in [0.15, 0.2) is 107 Å². The molecule has 0 saturated carbocycles. The predicted octanol–water partition coefficient (Wildman–Crippen LogP) is 4.48. The molecular weight excluding hydrogens is 459 g/mol. The second-order valence-corrected chi connectivity index (χ2v) is 9.01. The number of aromatic amines is 1. The van der Waals surface area contributed by atoms with E-state index in [9.17, 15) is 9.59 Å². The fourth-order valence-corrected chi connectivity index (χ4v) is 4.78. The Kier molecular flexibility index (Phi) is 6.67. The smallest absolute Gasteiger partial charge is 0.330 e. The first-order valence-electron chi connectivity index (χ1n) is 11.9. The van der Waals surface area contributed by atoms with E-state index in [0.717, 1.165) is 26.8 Å². The Bertz CT molecular complexity index is 1380. The fourth-order valence-electron chi connectivity index (χ4n) is 4.78. The number of ether oxygens (including phenoxy) is 2. The molecule has 1 aliphatic rings. The second-order valence-electron chi connectivity index (χ2n) is 9.01. The molecule has 0 bridgehead atoms. The van der Waals surface area contributed by atoms with Gasteiger partial charge in [0.15, 0.2) is 6.23 Å². The van der Waals surface area contributed by atoms with Gasteiger partial charge in [0.1, 0.15) is 11.8 Å². The van der Waals surface area contributed by atoms with Gasteiger partial charge in [0.2, 0.25) is 0 Å². The van der Waals surface area contributed by atoms with Crippen molar-refractivity contribution in [2.45, 2.75) is 37.4 Å². The maximum atomic E-state index is 15.0. The largest absolute Gasteiger partial charge is 0.358 e. The molecular formula is C29H27FN2O4. The quantitative estimate of drug-likeness (QED) is 0.391. The van der Waals surface area contributed by atoms with E-state index in [1.54, 1.807) is 0 Å². The molecule has 3 aromatic carbocycles. The van der Waals surface area contributed by atoms with Crippen LogP contribution < -0.4 is 11.2 Å². The van der Waals surface area contributed by atoms with Gasteiger partial charge in [-0.25, -0.2) is 9.18 Å². The third-order valence-electron chi connectivity index (χ3n) is 6.56. The van der Waals surface area contributed by atoms with Crippen LogP contribution in [-0.4, -0.2) is 28.4 Å². The highest BCUT2D eigenvalue weighted by molar-refractivity contribution is 5.48. The van der Waals surface area contributed by atoms with Gasteiger partial charge < -0.3 is 9.47 Å². The summed E-state index contributed by atoms with van der Waals surface area (Å²) in [6.07, 6.45) is -1.84. The summed E-state index contributed by atoms with van der Waals surface area (Å²) in [4.78, 5) is 25.8. The Morgan fingerprint density at radius 3 is 2.08 bits per heavy atom. The van der Waals surface area contributed by atoms with Gasteiger partial charge in [-0.2, -0.15) is 0 Å². The summed E-state index contributed by atoms with van der Waals surface area (Å²) in [5, 5.41) is 0. The summed E-state index contributed by atoms with van der Waals surface area (Å²) in [5.41, 5.74) is 1.72. The Balaban J connectivity index is 1.51. The van der Waals surface area contributed by atoms with Gasteiger partial charge in [-0.3, -0.25) is 14.3 Å². The van der Waals surface area contributed by atoms with Crippen molar-refractivity contribution in [2.24, 2.45) is 0 Å². The standard InChI is InChI=1S/C29H27FN2O4/c1-20-12-14-23(15-13-20)29(21-8-4-2-5-9-21,22-10-6-3-7-11-22)35-19-24-18-25(30)27(36-24)32-17-16-26(33)31-28(32)34/h2-17,24-25,27H,18-19H2,1H3,(H,31,33,34)/t24-,25-,27+/m0/s1. The van der Waals surface area contributed by atoms with Crippen molar-refractivity contribution in [1.29, 1.82) is 0 Å². The molecule has 4 aromatic rings. The molecule has 0 spiro atoms. The highest BCUT2D eigenvalue weighted by Crippen LogP contribution is 2.42. The zero-order valence-corrected chi connectivity index (χ0v) is 19.8. The first-order valence-corrected chi connectivity index (χ1v) is 11.9. The number of H-pyrrole nitrogens is 1. The van der Waals surface area contributed by atoms with Gasteiger partial charge >= 0.3 is 5.69 Å². The third kappa shape index (κ3) is 4.55. The molecule has 0 aliphatic carbocycles. The van der Waals surface area contributed by atoms with Crippen LogP contribution in [-0.2, 0) is 15.1 Å². The third-order valence-corrected chi connectivity index (χ3v) is 6.56. The van der Waals surface area contributed by atoms with Gasteiger partial charge in [0.25, 0.3) is 5.56 Å². The predicted molar refractivity (Wildman–Crippen MR) is 135 cm³/mol. The van der Waals surface area contributed by atoms with Crippen molar-refractivity contribution in [3.05, 3.63) is 140 Å². The number of benzene rings is 3. The molecule has 0 radical (unpaired) electrons. The number of alkyl halides is 1. The number of aromatic nitrogens is 2. The van der Waals surface area contributed by atoms with Crippen LogP contribution in [0.1, 0.15) is 34.9 Å². The summed E-state index contributed by atoms with van der Waals surface area (Å²) >= 11 is 0. The van der Waals surface area contributed by atoms with Crippen molar-refractivity contribution in [3.8, 4) is 0 Å². The lowest BCUT2D eigenvalue weighted by molar-refractivity contribution is -0.0825. The van der Waals surface area contributed by atoms with Crippen LogP contribution in [0.3, 0.4) is 0 Å². The molecule has 1 aromatic heterocycles. The van der Waals surface area contributed by atoms with E-state index < -0.39 is 35.4 Å². The Morgan fingerprint density at radius 2 is 1.50 bits per heavy atom. The highest BCUT2D eigenvalue weighted by atomic mass is 19.1. The van der Waals surface area contributed by atoms with Gasteiger partial charge in [-0.15, -0.1) is 0 Å². The Hall–Kier alpha value is -3.81. The molecule has 1 N–H and O–H groups in total. The number of halogens is 1. The maximum absolute atomic E-state index is 15.0. The average Bonchev–Trinajstić information content (AvgIpc) is 3.26. The molecule has 5 rings (SSSR count). The summed E-state index contributed by atoms with van der Waals surface area (Å²) in [5.74, 6) is 0. The topological polar surface area (TPSA) is 73.3 Å². The lowest BCUT2D eigenvalue weighted by atomic mass is 9.80. The van der Waals surface area contributed by atoms with Gasteiger partial charge in [0, 0.05) is 18.7 Å². The normalized spacial score (nSPS) is 19.9. The minimum Gasteiger partial charge on any atom is -0.358 e. The number of aryl methyl sites for hydroxylation is 1. The molecule has 1 saturated heterocycles. The first-order chi connectivity index (χ1) is 17.5. The van der Waals surface area contributed by atoms with Crippen molar-refractivity contribution < 1.29 is 13.9 Å². The van der Waals surface area contributed by atoms with Crippen LogP contribution in [0.25, 0.3) is 0 Å². The molecule has 0 unspecified atom stereocenters. The zero-order valence-electron chi connectivity index (χ0n) is 19.8. The van der Waals surface area contributed by atoms with E-state index in [-0.39, 0.29) is 13.0 Å². The SMILES string of the molecule is Cc1ccc(C(OC[C@@H]2C[C@H](F)[C@H](n3ccc(=O)[nH]c3=O)O2)(c2ccccc2)c2ccccc2)cc1. The molecule has 1 aliphatic heterocycles. The van der Waals surface area contributed by atoms with E-state index in [0.29, 0.717) is 0 Å². The number of hydrogen-bond acceptors (Lipinski definition) is 4. The summed E-state index contributed by atoms with van der Waals surface area (Å²) in [6, 6.07) is 29.2. The highest BCUT2D eigenvalue weighted by Gasteiger charge is 2.42. The first kappa shape index (κ1) is 23.9. The lowest BCUT2D eigenvalue weighted by Crippen LogP contribution is -2.36. The molecule has 36 heavy (non-hydrogen) atoms. The molecule has 6 nitrogen and oxygen atoms in total. The Labute approximate surface area is 208 Å². The minimum absolute atomic E-state index is 0.0593. The second kappa shape index (κ2) is 10.0. The molecule has 7 heteroatoms. The fraction of sp³-hybridized carbons (Fsp3) is 0.241.